The number of hydrogen-bond acceptors (Lipinski definition) is 5. The minimum Gasteiger partial charge on any atom is -0.497 e. The highest BCUT2D eigenvalue weighted by Gasteiger charge is 2.18. The summed E-state index contributed by atoms with van der Waals surface area (Å²) in [7, 11) is 6.80. The van der Waals surface area contributed by atoms with Crippen molar-refractivity contribution in [1.29, 1.82) is 0 Å². The van der Waals surface area contributed by atoms with E-state index in [0.29, 0.717) is 6.61 Å². The van der Waals surface area contributed by atoms with Gasteiger partial charge >= 0.3 is 0 Å². The van der Waals surface area contributed by atoms with Gasteiger partial charge in [-0.3, -0.25) is 0 Å². The molecule has 21 heavy (non-hydrogen) atoms. The van der Waals surface area contributed by atoms with Gasteiger partial charge in [0.05, 0.1) is 20.3 Å². The fourth-order valence-electron chi connectivity index (χ4n) is 2.24. The van der Waals surface area contributed by atoms with Crippen LogP contribution in [-0.2, 0) is 11.3 Å². The zero-order valence-corrected chi connectivity index (χ0v) is 12.8. The lowest BCUT2D eigenvalue weighted by atomic mass is 10.0. The highest BCUT2D eigenvalue weighted by atomic mass is 16.5. The van der Waals surface area contributed by atoms with Crippen LogP contribution in [0.25, 0.3) is 0 Å². The Hall–Kier alpha value is -1.98. The molecule has 5 heteroatoms. The SMILES string of the molecule is CNC(c1cc(OC)cc(OC)c1)c1ccc(COC)o1. The Labute approximate surface area is 124 Å². The molecular formula is C16H21NO4. The summed E-state index contributed by atoms with van der Waals surface area (Å²) in [5, 5.41) is 3.25. The van der Waals surface area contributed by atoms with Gasteiger partial charge in [-0.15, -0.1) is 0 Å². The van der Waals surface area contributed by atoms with Gasteiger partial charge in [0.1, 0.15) is 29.6 Å². The van der Waals surface area contributed by atoms with Crippen LogP contribution in [0, 0.1) is 0 Å². The molecule has 0 radical (unpaired) electrons. The maximum absolute atomic E-state index is 5.81. The lowest BCUT2D eigenvalue weighted by molar-refractivity contribution is 0.162. The van der Waals surface area contributed by atoms with Crippen LogP contribution in [0.3, 0.4) is 0 Å². The van der Waals surface area contributed by atoms with Crippen molar-refractivity contribution in [1.82, 2.24) is 5.32 Å². The minimum atomic E-state index is -0.0837. The maximum Gasteiger partial charge on any atom is 0.129 e. The summed E-state index contributed by atoms with van der Waals surface area (Å²) in [4.78, 5) is 0. The van der Waals surface area contributed by atoms with E-state index >= 15 is 0 Å². The molecule has 1 aromatic heterocycles. The molecule has 1 aromatic carbocycles. The Balaban J connectivity index is 2.35. The van der Waals surface area contributed by atoms with Crippen LogP contribution in [0.4, 0.5) is 0 Å². The van der Waals surface area contributed by atoms with E-state index in [1.807, 2.05) is 37.4 Å². The van der Waals surface area contributed by atoms with Gasteiger partial charge in [0.15, 0.2) is 0 Å². The average molecular weight is 291 g/mol. The molecule has 1 unspecified atom stereocenters. The molecule has 1 N–H and O–H groups in total. The summed E-state index contributed by atoms with van der Waals surface area (Å²) >= 11 is 0. The topological polar surface area (TPSA) is 52.9 Å². The first-order chi connectivity index (χ1) is 10.2. The van der Waals surface area contributed by atoms with E-state index in [9.17, 15) is 0 Å². The number of methoxy groups -OCH3 is 3. The zero-order chi connectivity index (χ0) is 15.2. The number of hydrogen-bond donors (Lipinski definition) is 1. The van der Waals surface area contributed by atoms with Crippen molar-refractivity contribution in [2.75, 3.05) is 28.4 Å². The molecule has 0 saturated heterocycles. The molecule has 0 fully saturated rings. The van der Waals surface area contributed by atoms with Crippen molar-refractivity contribution in [2.24, 2.45) is 0 Å². The van der Waals surface area contributed by atoms with Crippen molar-refractivity contribution in [3.8, 4) is 11.5 Å². The first-order valence-corrected chi connectivity index (χ1v) is 6.69. The Morgan fingerprint density at radius 2 is 1.71 bits per heavy atom. The van der Waals surface area contributed by atoms with E-state index in [1.54, 1.807) is 21.3 Å². The molecule has 1 heterocycles. The lowest BCUT2D eigenvalue weighted by Gasteiger charge is -2.16. The van der Waals surface area contributed by atoms with Crippen LogP contribution in [0.15, 0.2) is 34.7 Å². The van der Waals surface area contributed by atoms with E-state index in [0.717, 1.165) is 28.6 Å². The quantitative estimate of drug-likeness (QED) is 0.850. The molecule has 0 aliphatic rings. The Kier molecular flexibility index (Phi) is 5.25. The second-order valence-electron chi connectivity index (χ2n) is 4.60. The van der Waals surface area contributed by atoms with Crippen molar-refractivity contribution in [3.05, 3.63) is 47.4 Å². The third kappa shape index (κ3) is 3.56. The van der Waals surface area contributed by atoms with Crippen molar-refractivity contribution < 1.29 is 18.6 Å². The van der Waals surface area contributed by atoms with E-state index < -0.39 is 0 Å². The molecule has 114 valence electrons. The molecule has 5 nitrogen and oxygen atoms in total. The molecule has 2 rings (SSSR count). The Morgan fingerprint density at radius 1 is 1.05 bits per heavy atom. The third-order valence-corrected chi connectivity index (χ3v) is 3.25. The van der Waals surface area contributed by atoms with E-state index in [1.165, 1.54) is 0 Å². The number of benzene rings is 1. The molecule has 0 spiro atoms. The fraction of sp³-hybridized carbons (Fsp3) is 0.375. The third-order valence-electron chi connectivity index (χ3n) is 3.25. The average Bonchev–Trinajstić information content (AvgIpc) is 2.96. The van der Waals surface area contributed by atoms with Gasteiger partial charge in [-0.05, 0) is 36.9 Å². The van der Waals surface area contributed by atoms with Gasteiger partial charge in [0.25, 0.3) is 0 Å². The van der Waals surface area contributed by atoms with Gasteiger partial charge in [-0.2, -0.15) is 0 Å². The van der Waals surface area contributed by atoms with Crippen molar-refractivity contribution >= 4 is 0 Å². The molecule has 0 saturated carbocycles. The highest BCUT2D eigenvalue weighted by molar-refractivity contribution is 5.41. The standard InChI is InChI=1S/C16H21NO4/c1-17-16(15-6-5-12(21-15)10-18-2)11-7-13(19-3)9-14(8-11)20-4/h5-9,16-17H,10H2,1-4H3. The molecule has 2 aromatic rings. The second kappa shape index (κ2) is 7.15. The lowest BCUT2D eigenvalue weighted by Crippen LogP contribution is -2.17. The van der Waals surface area contributed by atoms with Crippen LogP contribution in [0.5, 0.6) is 11.5 Å². The predicted octanol–water partition coefficient (Wildman–Crippen LogP) is 2.75. The van der Waals surface area contributed by atoms with Gasteiger partial charge in [-0.1, -0.05) is 0 Å². The summed E-state index contributed by atoms with van der Waals surface area (Å²) in [6.45, 7) is 0.456. The largest absolute Gasteiger partial charge is 0.497 e. The zero-order valence-electron chi connectivity index (χ0n) is 12.8. The first-order valence-electron chi connectivity index (χ1n) is 6.69. The summed E-state index contributed by atoms with van der Waals surface area (Å²) < 4.78 is 21.5. The number of nitrogens with one attached hydrogen (secondary N) is 1. The molecule has 1 atom stereocenters. The highest BCUT2D eigenvalue weighted by Crippen LogP contribution is 2.30. The monoisotopic (exact) mass is 291 g/mol. The minimum absolute atomic E-state index is 0.0837. The molecule has 0 amide bonds. The van der Waals surface area contributed by atoms with Gasteiger partial charge in [-0.25, -0.2) is 0 Å². The van der Waals surface area contributed by atoms with Crippen molar-refractivity contribution in [2.45, 2.75) is 12.6 Å². The first kappa shape index (κ1) is 15.4. The van der Waals surface area contributed by atoms with Crippen LogP contribution >= 0.6 is 0 Å². The molecule has 0 aliphatic carbocycles. The number of ether oxygens (including phenoxy) is 3. The summed E-state index contributed by atoms with van der Waals surface area (Å²) in [6, 6.07) is 9.54. The van der Waals surface area contributed by atoms with E-state index in [2.05, 4.69) is 5.32 Å². The number of furan rings is 1. The van der Waals surface area contributed by atoms with Gasteiger partial charge in [0.2, 0.25) is 0 Å². The van der Waals surface area contributed by atoms with Crippen LogP contribution in [-0.4, -0.2) is 28.4 Å². The van der Waals surface area contributed by atoms with Crippen LogP contribution in [0.2, 0.25) is 0 Å². The molecule has 0 aliphatic heterocycles. The number of rotatable bonds is 7. The van der Waals surface area contributed by atoms with Gasteiger partial charge in [0, 0.05) is 13.2 Å². The van der Waals surface area contributed by atoms with Crippen molar-refractivity contribution in [3.63, 3.8) is 0 Å². The normalized spacial score (nSPS) is 12.2. The van der Waals surface area contributed by atoms with Gasteiger partial charge < -0.3 is 23.9 Å². The summed E-state index contributed by atoms with van der Waals surface area (Å²) in [5.74, 6) is 3.10. The Morgan fingerprint density at radius 3 is 2.24 bits per heavy atom. The maximum atomic E-state index is 5.81. The second-order valence-corrected chi connectivity index (χ2v) is 4.60. The molecule has 0 bridgehead atoms. The van der Waals surface area contributed by atoms with E-state index in [4.69, 9.17) is 18.6 Å². The fourth-order valence-corrected chi connectivity index (χ4v) is 2.24. The van der Waals surface area contributed by atoms with Crippen LogP contribution < -0.4 is 14.8 Å². The molecular weight excluding hydrogens is 270 g/mol. The summed E-state index contributed by atoms with van der Waals surface area (Å²) in [6.07, 6.45) is 0. The summed E-state index contributed by atoms with van der Waals surface area (Å²) in [5.41, 5.74) is 1.01. The van der Waals surface area contributed by atoms with Crippen LogP contribution in [0.1, 0.15) is 23.1 Å². The predicted molar refractivity (Wildman–Crippen MR) is 79.9 cm³/mol. The smallest absolute Gasteiger partial charge is 0.129 e. The van der Waals surface area contributed by atoms with E-state index in [-0.39, 0.29) is 6.04 Å². The Bertz CT molecular complexity index is 557.